The van der Waals surface area contributed by atoms with Crippen LogP contribution in [0.3, 0.4) is 0 Å². The Morgan fingerprint density at radius 1 is 1.13 bits per heavy atom. The zero-order chi connectivity index (χ0) is 20.8. The van der Waals surface area contributed by atoms with Gasteiger partial charge in [0, 0.05) is 5.56 Å². The first kappa shape index (κ1) is 20.7. The fraction of sp³-hybridized carbons (Fsp3) is 0.0455. The Bertz CT molecular complexity index is 1440. The van der Waals surface area contributed by atoms with E-state index in [-0.39, 0.29) is 24.0 Å². The Morgan fingerprint density at radius 3 is 2.77 bits per heavy atom. The van der Waals surface area contributed by atoms with Gasteiger partial charge in [0.1, 0.15) is 5.75 Å². The van der Waals surface area contributed by atoms with Crippen LogP contribution in [-0.4, -0.2) is 26.0 Å². The molecule has 5 aromatic rings. The summed E-state index contributed by atoms with van der Waals surface area (Å²) in [4.78, 5) is 25.2. The molecule has 3 aromatic carbocycles. The molecule has 0 unspecified atom stereocenters. The molecular formula is C22H16Cl2N4O3. The summed E-state index contributed by atoms with van der Waals surface area (Å²) in [5.41, 5.74) is 6.04. The fourth-order valence-corrected chi connectivity index (χ4v) is 3.70. The number of benzene rings is 3. The Labute approximate surface area is 187 Å². The van der Waals surface area contributed by atoms with Crippen LogP contribution in [0.5, 0.6) is 11.8 Å². The molecule has 0 radical (unpaired) electrons. The topological polar surface area (TPSA) is 105 Å². The van der Waals surface area contributed by atoms with Gasteiger partial charge in [0.15, 0.2) is 11.0 Å². The quantitative estimate of drug-likeness (QED) is 0.386. The second-order valence-corrected chi connectivity index (χ2v) is 7.38. The van der Waals surface area contributed by atoms with Gasteiger partial charge < -0.3 is 27.2 Å². The largest absolute Gasteiger partial charge is 1.00 e. The van der Waals surface area contributed by atoms with Crippen LogP contribution in [-0.2, 0) is 0 Å². The van der Waals surface area contributed by atoms with Gasteiger partial charge in [-0.3, -0.25) is 0 Å². The van der Waals surface area contributed by atoms with Crippen LogP contribution < -0.4 is 22.1 Å². The molecular weight excluding hydrogens is 439 g/mol. The number of hydrogen-bond donors (Lipinski definition) is 3. The van der Waals surface area contributed by atoms with Crippen LogP contribution in [0.2, 0.25) is 5.02 Å². The maximum Gasteiger partial charge on any atom is 0.336 e. The number of aromatic amines is 3. The molecule has 0 saturated heterocycles. The second kappa shape index (κ2) is 7.94. The van der Waals surface area contributed by atoms with Crippen LogP contribution in [0.15, 0.2) is 54.9 Å². The number of halogens is 2. The average molecular weight is 455 g/mol. The van der Waals surface area contributed by atoms with Gasteiger partial charge in [-0.2, -0.15) is 4.98 Å². The van der Waals surface area contributed by atoms with E-state index in [0.29, 0.717) is 21.9 Å². The molecule has 9 heteroatoms. The van der Waals surface area contributed by atoms with Crippen LogP contribution in [0, 0.1) is 6.92 Å². The van der Waals surface area contributed by atoms with Gasteiger partial charge in [-0.15, -0.1) is 0 Å². The van der Waals surface area contributed by atoms with Crippen molar-refractivity contribution in [3.63, 3.8) is 0 Å². The van der Waals surface area contributed by atoms with Crippen molar-refractivity contribution in [3.05, 3.63) is 71.0 Å². The number of carbonyl (C=O) groups is 1. The third-order valence-electron chi connectivity index (χ3n) is 4.99. The Morgan fingerprint density at radius 2 is 1.97 bits per heavy atom. The summed E-state index contributed by atoms with van der Waals surface area (Å²) >= 11 is 6.53. The highest BCUT2D eigenvalue weighted by atomic mass is 35.5. The first-order valence-electron chi connectivity index (χ1n) is 9.18. The molecule has 0 aliphatic rings. The molecule has 2 heterocycles. The van der Waals surface area contributed by atoms with Crippen molar-refractivity contribution in [2.45, 2.75) is 6.92 Å². The molecule has 156 valence electrons. The molecule has 0 aliphatic heterocycles. The Hall–Kier alpha value is -3.55. The minimum atomic E-state index is -1.00. The van der Waals surface area contributed by atoms with Gasteiger partial charge in [0.2, 0.25) is 6.33 Å². The number of nitrogens with one attached hydrogen (secondary N) is 3. The van der Waals surface area contributed by atoms with Crippen molar-refractivity contribution < 1.29 is 32.0 Å². The fourth-order valence-electron chi connectivity index (χ4n) is 3.43. The highest BCUT2D eigenvalue weighted by Crippen LogP contribution is 2.34. The van der Waals surface area contributed by atoms with E-state index in [4.69, 9.17) is 16.3 Å². The molecule has 4 N–H and O–H groups in total. The summed E-state index contributed by atoms with van der Waals surface area (Å²) in [6, 6.07) is 14.8. The van der Waals surface area contributed by atoms with Gasteiger partial charge in [0.25, 0.3) is 6.01 Å². The predicted molar refractivity (Wildman–Crippen MR) is 113 cm³/mol. The number of aromatic nitrogens is 4. The van der Waals surface area contributed by atoms with Crippen LogP contribution >= 0.6 is 11.6 Å². The summed E-state index contributed by atoms with van der Waals surface area (Å²) in [5, 5.41) is 9.87. The average Bonchev–Trinajstić information content (AvgIpc) is 3.33. The normalized spacial score (nSPS) is 10.9. The van der Waals surface area contributed by atoms with Gasteiger partial charge in [-0.05, 0) is 60.5 Å². The molecule has 31 heavy (non-hydrogen) atoms. The van der Waals surface area contributed by atoms with E-state index in [9.17, 15) is 9.90 Å². The standard InChI is InChI=1S/C22H15ClN4O3.ClH/c1-11-2-4-13(7-14(11)21(28)29)30-22-26-19-8-15(16(23)9-20(19)27-22)12-3-5-17-18(6-12)25-10-24-17;/h2-10H,1H3,(H,24,25)(H,26,27)(H,28,29);1H. The van der Waals surface area contributed by atoms with Gasteiger partial charge in [-0.25, -0.2) is 14.8 Å². The molecule has 0 aliphatic carbocycles. The van der Waals surface area contributed by atoms with E-state index < -0.39 is 5.97 Å². The van der Waals surface area contributed by atoms with Crippen molar-refractivity contribution >= 4 is 39.6 Å². The molecule has 0 atom stereocenters. The number of ether oxygens (including phenoxy) is 1. The molecule has 7 nitrogen and oxygen atoms in total. The lowest BCUT2D eigenvalue weighted by Crippen LogP contribution is -3.00. The number of H-pyrrole nitrogens is 3. The highest BCUT2D eigenvalue weighted by Gasteiger charge is 2.14. The van der Waals surface area contributed by atoms with Crippen LogP contribution in [0.4, 0.5) is 0 Å². The highest BCUT2D eigenvalue weighted by molar-refractivity contribution is 6.34. The van der Waals surface area contributed by atoms with E-state index in [0.717, 1.165) is 27.7 Å². The third-order valence-corrected chi connectivity index (χ3v) is 5.30. The zero-order valence-electron chi connectivity index (χ0n) is 16.2. The van der Waals surface area contributed by atoms with Crippen molar-refractivity contribution in [2.24, 2.45) is 0 Å². The summed E-state index contributed by atoms with van der Waals surface area (Å²) in [5.74, 6) is -0.618. The number of carboxylic acids is 1. The minimum absolute atomic E-state index is 0. The van der Waals surface area contributed by atoms with E-state index >= 15 is 0 Å². The van der Waals surface area contributed by atoms with Gasteiger partial charge in [0.05, 0.1) is 21.6 Å². The number of aromatic carboxylic acids is 1. The number of nitrogens with zero attached hydrogens (tertiary/aromatic N) is 1. The van der Waals surface area contributed by atoms with E-state index in [2.05, 4.69) is 19.9 Å². The summed E-state index contributed by atoms with van der Waals surface area (Å²) in [6.45, 7) is 1.74. The van der Waals surface area contributed by atoms with Crippen molar-refractivity contribution in [1.29, 1.82) is 0 Å². The number of imidazole rings is 2. The van der Waals surface area contributed by atoms with Gasteiger partial charge in [-0.1, -0.05) is 17.7 Å². The lowest BCUT2D eigenvalue weighted by molar-refractivity contribution is -0.344. The lowest BCUT2D eigenvalue weighted by atomic mass is 10.0. The SMILES string of the molecule is Cc1ccc(Oc2nc3cc(-c4ccc5[nH+]c[nH]c5c4)c(Cl)cc3[nH]2)cc1C(=O)O.[Cl-]. The first-order chi connectivity index (χ1) is 14.5. The van der Waals surface area contributed by atoms with Gasteiger partial charge >= 0.3 is 5.97 Å². The monoisotopic (exact) mass is 454 g/mol. The minimum Gasteiger partial charge on any atom is -1.00 e. The Kier molecular flexibility index (Phi) is 5.31. The molecule has 0 spiro atoms. The molecule has 0 bridgehead atoms. The summed E-state index contributed by atoms with van der Waals surface area (Å²) in [7, 11) is 0. The van der Waals surface area contributed by atoms with Crippen molar-refractivity contribution in [1.82, 2.24) is 15.0 Å². The molecule has 0 fully saturated rings. The third kappa shape index (κ3) is 3.81. The number of fused-ring (bicyclic) bond motifs is 2. The van der Waals surface area contributed by atoms with Crippen molar-refractivity contribution in [2.75, 3.05) is 0 Å². The predicted octanol–water partition coefficient (Wildman–Crippen LogP) is 1.98. The number of carboxylic acid groups (broad SMARTS) is 1. The Balaban J connectivity index is 0.00000231. The number of rotatable bonds is 4. The maximum atomic E-state index is 11.3. The molecule has 2 aromatic heterocycles. The molecule has 0 saturated carbocycles. The number of hydrogen-bond acceptors (Lipinski definition) is 3. The lowest BCUT2D eigenvalue weighted by Gasteiger charge is -2.05. The van der Waals surface area contributed by atoms with Crippen LogP contribution in [0.25, 0.3) is 33.2 Å². The molecule has 0 amide bonds. The zero-order valence-corrected chi connectivity index (χ0v) is 17.7. The van der Waals surface area contributed by atoms with E-state index in [1.165, 1.54) is 6.07 Å². The van der Waals surface area contributed by atoms with E-state index in [1.807, 2.05) is 24.3 Å². The first-order valence-corrected chi connectivity index (χ1v) is 9.56. The smallest absolute Gasteiger partial charge is 0.336 e. The van der Waals surface area contributed by atoms with E-state index in [1.54, 1.807) is 31.5 Å². The van der Waals surface area contributed by atoms with Crippen LogP contribution in [0.1, 0.15) is 15.9 Å². The summed E-state index contributed by atoms with van der Waals surface area (Å²) in [6.07, 6.45) is 1.78. The number of aryl methyl sites for hydroxylation is 1. The summed E-state index contributed by atoms with van der Waals surface area (Å²) < 4.78 is 5.76. The second-order valence-electron chi connectivity index (χ2n) is 6.97. The molecule has 5 rings (SSSR count). The maximum absolute atomic E-state index is 11.3. The van der Waals surface area contributed by atoms with Crippen molar-refractivity contribution in [3.8, 4) is 22.9 Å².